The third kappa shape index (κ3) is 3.98. The zero-order valence-corrected chi connectivity index (χ0v) is 19.0. The fourth-order valence-corrected chi connectivity index (χ4v) is 5.57. The summed E-state index contributed by atoms with van der Waals surface area (Å²) in [5.74, 6) is 0.320. The standard InChI is InChI=1S/C21H32N6O2S/c1-4-27(5-2)13-12-26(3)30(28,29)21-23-20(24-25-21)22-19-17-10-6-8-15(17)14-16-9-7-11-18(16)19/h14H,4-13H2,1-3H3,(H2,22,23,24,25). The van der Waals surface area contributed by atoms with Crippen molar-refractivity contribution in [2.45, 2.75) is 57.5 Å². The topological polar surface area (TPSA) is 94.2 Å². The highest BCUT2D eigenvalue weighted by atomic mass is 32.2. The predicted octanol–water partition coefficient (Wildman–Crippen LogP) is 2.49. The molecule has 2 aromatic rings. The molecular formula is C21H32N6O2S. The SMILES string of the molecule is CCN(CC)CCN(C)S(=O)(=O)c1nc(Nc2c3c(cc4c2CCC4)CCC3)n[nH]1. The molecule has 1 aromatic heterocycles. The minimum Gasteiger partial charge on any atom is -0.322 e. The van der Waals surface area contributed by atoms with Crippen LogP contribution in [-0.4, -0.2) is 66.0 Å². The summed E-state index contributed by atoms with van der Waals surface area (Å²) in [6.45, 7) is 7.03. The Hall–Kier alpha value is -1.97. The van der Waals surface area contributed by atoms with Crippen molar-refractivity contribution in [3.8, 4) is 0 Å². The summed E-state index contributed by atoms with van der Waals surface area (Å²) >= 11 is 0. The van der Waals surface area contributed by atoms with Crippen LogP contribution in [0.3, 0.4) is 0 Å². The van der Waals surface area contributed by atoms with Crippen molar-refractivity contribution in [3.63, 3.8) is 0 Å². The van der Waals surface area contributed by atoms with Crippen LogP contribution >= 0.6 is 0 Å². The van der Waals surface area contributed by atoms with E-state index in [1.54, 1.807) is 7.05 Å². The molecule has 8 nitrogen and oxygen atoms in total. The van der Waals surface area contributed by atoms with Crippen LogP contribution in [0.5, 0.6) is 0 Å². The number of hydrogen-bond donors (Lipinski definition) is 2. The van der Waals surface area contributed by atoms with Crippen LogP contribution in [0.25, 0.3) is 0 Å². The first kappa shape index (κ1) is 21.3. The number of aromatic nitrogens is 3. The highest BCUT2D eigenvalue weighted by Gasteiger charge is 2.27. The van der Waals surface area contributed by atoms with Crippen molar-refractivity contribution in [3.05, 3.63) is 28.3 Å². The van der Waals surface area contributed by atoms with Gasteiger partial charge in [-0.05, 0) is 73.9 Å². The van der Waals surface area contributed by atoms with Crippen molar-refractivity contribution < 1.29 is 8.42 Å². The molecule has 0 fully saturated rings. The third-order valence-corrected chi connectivity index (χ3v) is 8.13. The molecule has 2 N–H and O–H groups in total. The molecule has 2 aliphatic rings. The minimum absolute atomic E-state index is 0.115. The number of H-pyrrole nitrogens is 1. The van der Waals surface area contributed by atoms with Crippen molar-refractivity contribution in [2.75, 3.05) is 38.5 Å². The van der Waals surface area contributed by atoms with Gasteiger partial charge in [-0.2, -0.15) is 9.29 Å². The average molecular weight is 433 g/mol. The Balaban J connectivity index is 1.53. The number of benzene rings is 1. The van der Waals surface area contributed by atoms with Crippen LogP contribution < -0.4 is 5.32 Å². The summed E-state index contributed by atoms with van der Waals surface area (Å²) in [5.41, 5.74) is 6.63. The van der Waals surface area contributed by atoms with Gasteiger partial charge in [0.05, 0.1) is 0 Å². The van der Waals surface area contributed by atoms with E-state index in [1.807, 2.05) is 0 Å². The molecule has 0 amide bonds. The van der Waals surface area contributed by atoms with E-state index in [2.05, 4.69) is 45.3 Å². The second-order valence-corrected chi connectivity index (χ2v) is 10.1. The Morgan fingerprint density at radius 3 is 2.27 bits per heavy atom. The molecule has 164 valence electrons. The minimum atomic E-state index is -3.71. The quantitative estimate of drug-likeness (QED) is 0.632. The zero-order valence-electron chi connectivity index (χ0n) is 18.2. The lowest BCUT2D eigenvalue weighted by Gasteiger charge is -2.21. The molecule has 30 heavy (non-hydrogen) atoms. The molecule has 0 unspecified atom stereocenters. The number of likely N-dealkylation sites (N-methyl/N-ethyl adjacent to an activating group) is 2. The van der Waals surface area contributed by atoms with Crippen LogP contribution in [0.2, 0.25) is 0 Å². The number of fused-ring (bicyclic) bond motifs is 2. The van der Waals surface area contributed by atoms with E-state index in [0.717, 1.165) is 57.3 Å². The van der Waals surface area contributed by atoms with E-state index in [-0.39, 0.29) is 5.16 Å². The van der Waals surface area contributed by atoms with Gasteiger partial charge in [-0.1, -0.05) is 19.9 Å². The van der Waals surface area contributed by atoms with Crippen LogP contribution in [0.15, 0.2) is 11.2 Å². The smallest absolute Gasteiger partial charge is 0.278 e. The van der Waals surface area contributed by atoms with Gasteiger partial charge < -0.3 is 10.2 Å². The maximum Gasteiger partial charge on any atom is 0.278 e. The molecule has 0 saturated heterocycles. The molecule has 9 heteroatoms. The lowest BCUT2D eigenvalue weighted by Crippen LogP contribution is -2.36. The van der Waals surface area contributed by atoms with E-state index in [4.69, 9.17) is 0 Å². The van der Waals surface area contributed by atoms with E-state index < -0.39 is 10.0 Å². The van der Waals surface area contributed by atoms with E-state index in [0.29, 0.717) is 19.0 Å². The van der Waals surface area contributed by atoms with Gasteiger partial charge in [0.2, 0.25) is 5.95 Å². The van der Waals surface area contributed by atoms with Crippen LogP contribution in [0.1, 0.15) is 48.9 Å². The number of aromatic amines is 1. The number of nitrogens with one attached hydrogen (secondary N) is 2. The first-order valence-electron chi connectivity index (χ1n) is 11.0. The van der Waals surface area contributed by atoms with Crippen molar-refractivity contribution in [1.82, 2.24) is 24.4 Å². The Bertz CT molecular complexity index is 980. The second kappa shape index (κ2) is 8.64. The van der Waals surface area contributed by atoms with E-state index in [9.17, 15) is 8.42 Å². The lowest BCUT2D eigenvalue weighted by molar-refractivity contribution is 0.282. The van der Waals surface area contributed by atoms with Crippen molar-refractivity contribution >= 4 is 21.7 Å². The van der Waals surface area contributed by atoms with Crippen molar-refractivity contribution in [1.29, 1.82) is 0 Å². The first-order valence-corrected chi connectivity index (χ1v) is 12.4. The van der Waals surface area contributed by atoms with Gasteiger partial charge in [0.15, 0.2) is 0 Å². The number of sulfonamides is 1. The van der Waals surface area contributed by atoms with E-state index >= 15 is 0 Å². The summed E-state index contributed by atoms with van der Waals surface area (Å²) in [6.07, 6.45) is 6.66. The molecule has 0 bridgehead atoms. The molecule has 0 aliphatic heterocycles. The Labute approximate surface area is 179 Å². The second-order valence-electron chi connectivity index (χ2n) is 8.18. The van der Waals surface area contributed by atoms with Crippen LogP contribution in [0, 0.1) is 0 Å². The summed E-state index contributed by atoms with van der Waals surface area (Å²) in [6, 6.07) is 2.37. The normalized spacial score (nSPS) is 15.8. The highest BCUT2D eigenvalue weighted by Crippen LogP contribution is 2.39. The molecule has 0 radical (unpaired) electrons. The van der Waals surface area contributed by atoms with Gasteiger partial charge >= 0.3 is 0 Å². The Kier molecular flexibility index (Phi) is 6.13. The van der Waals surface area contributed by atoms with Crippen LogP contribution in [-0.2, 0) is 35.7 Å². The largest absolute Gasteiger partial charge is 0.322 e. The predicted molar refractivity (Wildman–Crippen MR) is 118 cm³/mol. The molecular weight excluding hydrogens is 400 g/mol. The van der Waals surface area contributed by atoms with Crippen LogP contribution in [0.4, 0.5) is 11.6 Å². The molecule has 4 rings (SSSR count). The summed E-state index contributed by atoms with van der Waals surface area (Å²) in [5, 5.41) is 10.1. The Morgan fingerprint density at radius 1 is 1.03 bits per heavy atom. The zero-order chi connectivity index (χ0) is 21.3. The van der Waals surface area contributed by atoms with Gasteiger partial charge in [-0.15, -0.1) is 5.10 Å². The number of anilines is 2. The Morgan fingerprint density at radius 2 is 1.67 bits per heavy atom. The molecule has 0 saturated carbocycles. The number of hydrogen-bond acceptors (Lipinski definition) is 6. The van der Waals surface area contributed by atoms with Gasteiger partial charge in [0.25, 0.3) is 15.2 Å². The fraction of sp³-hybridized carbons (Fsp3) is 0.619. The van der Waals surface area contributed by atoms with Gasteiger partial charge in [0, 0.05) is 25.8 Å². The van der Waals surface area contributed by atoms with Gasteiger partial charge in [0.1, 0.15) is 0 Å². The molecule has 2 aliphatic carbocycles. The molecule has 0 spiro atoms. The van der Waals surface area contributed by atoms with E-state index in [1.165, 1.54) is 26.6 Å². The molecule has 0 atom stereocenters. The average Bonchev–Trinajstić information content (AvgIpc) is 3.48. The number of nitrogens with zero attached hydrogens (tertiary/aromatic N) is 4. The highest BCUT2D eigenvalue weighted by molar-refractivity contribution is 7.88. The summed E-state index contributed by atoms with van der Waals surface area (Å²) in [7, 11) is -2.12. The number of aryl methyl sites for hydroxylation is 2. The maximum absolute atomic E-state index is 12.9. The lowest BCUT2D eigenvalue weighted by atomic mass is 9.99. The maximum atomic E-state index is 12.9. The third-order valence-electron chi connectivity index (χ3n) is 6.45. The summed E-state index contributed by atoms with van der Waals surface area (Å²) in [4.78, 5) is 6.49. The summed E-state index contributed by atoms with van der Waals surface area (Å²) < 4.78 is 27.2. The van der Waals surface area contributed by atoms with Crippen molar-refractivity contribution in [2.24, 2.45) is 0 Å². The molecule has 1 aromatic carbocycles. The monoisotopic (exact) mass is 432 g/mol. The molecule has 1 heterocycles. The van der Waals surface area contributed by atoms with Gasteiger partial charge in [-0.3, -0.25) is 0 Å². The van der Waals surface area contributed by atoms with Gasteiger partial charge in [-0.25, -0.2) is 13.5 Å². The fourth-order valence-electron chi connectivity index (χ4n) is 4.59. The first-order chi connectivity index (χ1) is 14.4. The number of rotatable bonds is 9.